The van der Waals surface area contributed by atoms with Gasteiger partial charge in [-0.15, -0.1) is 0 Å². The van der Waals surface area contributed by atoms with E-state index in [1.54, 1.807) is 7.11 Å². The quantitative estimate of drug-likeness (QED) is 0.789. The molecular weight excluding hydrogens is 188 g/mol. The van der Waals surface area contributed by atoms with E-state index in [0.717, 1.165) is 17.9 Å². The number of rotatable bonds is 4. The van der Waals surface area contributed by atoms with E-state index >= 15 is 0 Å². The zero-order valence-corrected chi connectivity index (χ0v) is 9.92. The summed E-state index contributed by atoms with van der Waals surface area (Å²) in [5.41, 5.74) is 9.57. The lowest BCUT2D eigenvalue weighted by molar-refractivity contribution is 0.404. The lowest BCUT2D eigenvalue weighted by Gasteiger charge is -2.18. The first-order valence-electron chi connectivity index (χ1n) is 5.15. The molecule has 15 heavy (non-hydrogen) atoms. The largest absolute Gasteiger partial charge is 0.496 e. The summed E-state index contributed by atoms with van der Waals surface area (Å²) in [5.74, 6) is 0.884. The lowest BCUT2D eigenvalue weighted by atomic mass is 9.98. The van der Waals surface area contributed by atoms with Gasteiger partial charge in [0.2, 0.25) is 0 Å². The molecule has 0 amide bonds. The van der Waals surface area contributed by atoms with Crippen LogP contribution in [0, 0.1) is 13.8 Å². The fourth-order valence-electron chi connectivity index (χ4n) is 1.91. The first-order chi connectivity index (χ1) is 7.10. The lowest BCUT2D eigenvalue weighted by Crippen LogP contribution is -2.25. The van der Waals surface area contributed by atoms with Gasteiger partial charge in [-0.3, -0.25) is 0 Å². The molecule has 0 aliphatic carbocycles. The first kappa shape index (κ1) is 12.0. The average Bonchev–Trinajstić information content (AvgIpc) is 2.16. The zero-order chi connectivity index (χ0) is 11.4. The molecule has 0 saturated carbocycles. The molecule has 84 valence electrons. The predicted octanol–water partition coefficient (Wildman–Crippen LogP) is 1.53. The van der Waals surface area contributed by atoms with Crippen molar-refractivity contribution in [3.63, 3.8) is 0 Å². The van der Waals surface area contributed by atoms with E-state index in [-0.39, 0.29) is 6.04 Å². The number of likely N-dealkylation sites (N-methyl/N-ethyl adjacent to an activating group) is 1. The molecule has 3 nitrogen and oxygen atoms in total. The van der Waals surface area contributed by atoms with Gasteiger partial charge in [0.15, 0.2) is 0 Å². The molecule has 0 heterocycles. The molecule has 0 spiro atoms. The fraction of sp³-hybridized carbons (Fsp3) is 0.500. The van der Waals surface area contributed by atoms with Crippen LogP contribution in [0.5, 0.6) is 5.75 Å². The Hall–Kier alpha value is -1.06. The first-order valence-corrected chi connectivity index (χ1v) is 5.15. The number of nitrogens with one attached hydrogen (secondary N) is 1. The summed E-state index contributed by atoms with van der Waals surface area (Å²) in [6, 6.07) is 4.14. The Morgan fingerprint density at radius 3 is 2.60 bits per heavy atom. The third-order valence-electron chi connectivity index (χ3n) is 2.51. The van der Waals surface area contributed by atoms with Gasteiger partial charge in [0, 0.05) is 18.2 Å². The summed E-state index contributed by atoms with van der Waals surface area (Å²) < 4.78 is 5.37. The third-order valence-corrected chi connectivity index (χ3v) is 2.51. The molecule has 1 aromatic carbocycles. The van der Waals surface area contributed by atoms with E-state index in [0.29, 0.717) is 0 Å². The molecule has 3 heteroatoms. The number of aryl methyl sites for hydroxylation is 2. The van der Waals surface area contributed by atoms with Gasteiger partial charge in [-0.05, 0) is 38.1 Å². The van der Waals surface area contributed by atoms with Crippen molar-refractivity contribution in [2.75, 3.05) is 20.7 Å². The molecular formula is C12H20N2O. The number of ether oxygens (including phenoxy) is 1. The van der Waals surface area contributed by atoms with E-state index in [9.17, 15) is 0 Å². The summed E-state index contributed by atoms with van der Waals surface area (Å²) in [5, 5.41) is 3.08. The van der Waals surface area contributed by atoms with Crippen LogP contribution in [-0.4, -0.2) is 20.7 Å². The molecule has 0 bridgehead atoms. The zero-order valence-electron chi connectivity index (χ0n) is 9.92. The molecule has 0 aliphatic heterocycles. The van der Waals surface area contributed by atoms with Crippen LogP contribution in [0.3, 0.4) is 0 Å². The smallest absolute Gasteiger partial charge is 0.124 e. The Kier molecular flexibility index (Phi) is 4.12. The normalized spacial score (nSPS) is 12.6. The van der Waals surface area contributed by atoms with E-state index in [2.05, 4.69) is 25.2 Å². The van der Waals surface area contributed by atoms with E-state index < -0.39 is 0 Å². The van der Waals surface area contributed by atoms with Crippen molar-refractivity contribution >= 4 is 0 Å². The standard InChI is InChI=1S/C12H20N2O/c1-8-5-9(2)12(10(13)7-14-3)11(6-8)15-4/h5-6,10,14H,7,13H2,1-4H3. The minimum atomic E-state index is -0.0226. The molecule has 0 saturated heterocycles. The van der Waals surface area contributed by atoms with Crippen LogP contribution in [-0.2, 0) is 0 Å². The second kappa shape index (κ2) is 5.14. The second-order valence-corrected chi connectivity index (χ2v) is 3.86. The monoisotopic (exact) mass is 208 g/mol. The van der Waals surface area contributed by atoms with Gasteiger partial charge in [0.1, 0.15) is 5.75 Å². The van der Waals surface area contributed by atoms with Crippen molar-refractivity contribution in [1.82, 2.24) is 5.32 Å². The Labute approximate surface area is 91.6 Å². The van der Waals surface area contributed by atoms with E-state index in [1.165, 1.54) is 11.1 Å². The van der Waals surface area contributed by atoms with Crippen LogP contribution in [0.2, 0.25) is 0 Å². The van der Waals surface area contributed by atoms with Crippen molar-refractivity contribution in [3.8, 4) is 5.75 Å². The van der Waals surface area contributed by atoms with Crippen LogP contribution in [0.25, 0.3) is 0 Å². The maximum absolute atomic E-state index is 6.09. The summed E-state index contributed by atoms with van der Waals surface area (Å²) in [6.07, 6.45) is 0. The van der Waals surface area contributed by atoms with E-state index in [1.807, 2.05) is 13.1 Å². The van der Waals surface area contributed by atoms with Gasteiger partial charge >= 0.3 is 0 Å². The summed E-state index contributed by atoms with van der Waals surface area (Å²) >= 11 is 0. The number of methoxy groups -OCH3 is 1. The molecule has 1 atom stereocenters. The van der Waals surface area contributed by atoms with Crippen LogP contribution < -0.4 is 15.8 Å². The highest BCUT2D eigenvalue weighted by Gasteiger charge is 2.14. The van der Waals surface area contributed by atoms with Gasteiger partial charge in [0.25, 0.3) is 0 Å². The van der Waals surface area contributed by atoms with Crippen LogP contribution in [0.4, 0.5) is 0 Å². The van der Waals surface area contributed by atoms with Crippen molar-refractivity contribution in [3.05, 3.63) is 28.8 Å². The van der Waals surface area contributed by atoms with Gasteiger partial charge in [0.05, 0.1) is 7.11 Å². The topological polar surface area (TPSA) is 47.3 Å². The molecule has 1 rings (SSSR count). The van der Waals surface area contributed by atoms with Crippen LogP contribution in [0.15, 0.2) is 12.1 Å². The third kappa shape index (κ3) is 2.70. The van der Waals surface area contributed by atoms with Gasteiger partial charge in [-0.1, -0.05) is 6.07 Å². The molecule has 0 radical (unpaired) electrons. The predicted molar refractivity (Wildman–Crippen MR) is 63.3 cm³/mol. The maximum atomic E-state index is 6.09. The minimum absolute atomic E-state index is 0.0226. The Bertz CT molecular complexity index is 337. The number of hydrogen-bond acceptors (Lipinski definition) is 3. The van der Waals surface area contributed by atoms with Crippen molar-refractivity contribution in [2.45, 2.75) is 19.9 Å². The Morgan fingerprint density at radius 2 is 2.07 bits per heavy atom. The second-order valence-electron chi connectivity index (χ2n) is 3.86. The van der Waals surface area contributed by atoms with Gasteiger partial charge in [-0.25, -0.2) is 0 Å². The van der Waals surface area contributed by atoms with Crippen molar-refractivity contribution in [1.29, 1.82) is 0 Å². The molecule has 1 unspecified atom stereocenters. The fourth-order valence-corrected chi connectivity index (χ4v) is 1.91. The van der Waals surface area contributed by atoms with Crippen LogP contribution in [0.1, 0.15) is 22.7 Å². The minimum Gasteiger partial charge on any atom is -0.496 e. The van der Waals surface area contributed by atoms with Gasteiger partial charge in [-0.2, -0.15) is 0 Å². The molecule has 0 aliphatic rings. The summed E-state index contributed by atoms with van der Waals surface area (Å²) in [4.78, 5) is 0. The van der Waals surface area contributed by atoms with Crippen LogP contribution >= 0.6 is 0 Å². The Balaban J connectivity index is 3.14. The SMILES string of the molecule is CNCC(N)c1c(C)cc(C)cc1OC. The maximum Gasteiger partial charge on any atom is 0.124 e. The van der Waals surface area contributed by atoms with E-state index in [4.69, 9.17) is 10.5 Å². The highest BCUT2D eigenvalue weighted by Crippen LogP contribution is 2.28. The summed E-state index contributed by atoms with van der Waals surface area (Å²) in [7, 11) is 3.58. The molecule has 0 aromatic heterocycles. The van der Waals surface area contributed by atoms with Crippen molar-refractivity contribution in [2.24, 2.45) is 5.73 Å². The highest BCUT2D eigenvalue weighted by molar-refractivity contribution is 5.45. The highest BCUT2D eigenvalue weighted by atomic mass is 16.5. The average molecular weight is 208 g/mol. The molecule has 0 fully saturated rings. The number of benzene rings is 1. The molecule has 3 N–H and O–H groups in total. The van der Waals surface area contributed by atoms with Gasteiger partial charge < -0.3 is 15.8 Å². The number of hydrogen-bond donors (Lipinski definition) is 2. The Morgan fingerprint density at radius 1 is 1.40 bits per heavy atom. The molecule has 1 aromatic rings. The number of nitrogens with two attached hydrogens (primary N) is 1. The van der Waals surface area contributed by atoms with Crippen molar-refractivity contribution < 1.29 is 4.74 Å². The summed E-state index contributed by atoms with van der Waals surface area (Å²) in [6.45, 7) is 4.88.